The van der Waals surface area contributed by atoms with Gasteiger partial charge in [-0.15, -0.1) is 0 Å². The summed E-state index contributed by atoms with van der Waals surface area (Å²) in [6.07, 6.45) is 1.14. The molecule has 0 heterocycles. The molecular formula is C10H19N3O. The average molecular weight is 197 g/mol. The first-order valence-electron chi connectivity index (χ1n) is 4.80. The van der Waals surface area contributed by atoms with Crippen LogP contribution in [0.4, 0.5) is 0 Å². The van der Waals surface area contributed by atoms with Gasteiger partial charge in [-0.05, 0) is 11.8 Å². The van der Waals surface area contributed by atoms with Crippen LogP contribution in [0.15, 0.2) is 0 Å². The van der Waals surface area contributed by atoms with Crippen molar-refractivity contribution in [2.24, 2.45) is 11.1 Å². The van der Waals surface area contributed by atoms with Gasteiger partial charge in [0.15, 0.2) is 0 Å². The van der Waals surface area contributed by atoms with Gasteiger partial charge in [0.05, 0.1) is 12.1 Å². The van der Waals surface area contributed by atoms with Crippen molar-refractivity contribution in [3.63, 3.8) is 0 Å². The van der Waals surface area contributed by atoms with Crippen LogP contribution in [-0.2, 0) is 4.79 Å². The summed E-state index contributed by atoms with van der Waals surface area (Å²) >= 11 is 0. The molecule has 0 aromatic rings. The lowest BCUT2D eigenvalue weighted by atomic mass is 9.87. The number of nitrogens with zero attached hydrogens (tertiary/aromatic N) is 1. The van der Waals surface area contributed by atoms with Crippen molar-refractivity contribution in [1.29, 1.82) is 5.26 Å². The number of rotatable bonds is 4. The number of nitrogens with two attached hydrogens (primary N) is 1. The van der Waals surface area contributed by atoms with Crippen molar-refractivity contribution in [1.82, 2.24) is 5.32 Å². The molecule has 0 radical (unpaired) electrons. The maximum Gasteiger partial charge on any atom is 0.237 e. The molecule has 0 aliphatic rings. The van der Waals surface area contributed by atoms with Crippen LogP contribution in [0.2, 0.25) is 0 Å². The van der Waals surface area contributed by atoms with Crippen LogP contribution in [0.1, 0.15) is 33.6 Å². The molecule has 0 unspecified atom stereocenters. The maximum absolute atomic E-state index is 11.4. The normalized spacial score (nSPS) is 13.1. The minimum atomic E-state index is -0.496. The Hall–Kier alpha value is -1.08. The number of hydrogen-bond donors (Lipinski definition) is 2. The monoisotopic (exact) mass is 197 g/mol. The van der Waals surface area contributed by atoms with Crippen LogP contribution in [0.5, 0.6) is 0 Å². The first kappa shape index (κ1) is 12.9. The van der Waals surface area contributed by atoms with Gasteiger partial charge >= 0.3 is 0 Å². The first-order chi connectivity index (χ1) is 6.39. The van der Waals surface area contributed by atoms with Crippen LogP contribution in [-0.4, -0.2) is 18.5 Å². The largest absolute Gasteiger partial charge is 0.355 e. The second-order valence-corrected chi connectivity index (χ2v) is 4.40. The molecule has 3 N–H and O–H groups in total. The van der Waals surface area contributed by atoms with Crippen molar-refractivity contribution < 1.29 is 4.79 Å². The zero-order chi connectivity index (χ0) is 11.2. The second kappa shape index (κ2) is 5.61. The second-order valence-electron chi connectivity index (χ2n) is 4.40. The Labute approximate surface area is 85.5 Å². The minimum Gasteiger partial charge on any atom is -0.355 e. The molecule has 0 aliphatic carbocycles. The number of hydrogen-bond acceptors (Lipinski definition) is 3. The average Bonchev–Trinajstić information content (AvgIpc) is 2.09. The van der Waals surface area contributed by atoms with Gasteiger partial charge in [0, 0.05) is 13.0 Å². The molecule has 0 aromatic carbocycles. The van der Waals surface area contributed by atoms with Crippen LogP contribution in [0.3, 0.4) is 0 Å². The number of amides is 1. The van der Waals surface area contributed by atoms with Crippen molar-refractivity contribution >= 4 is 5.91 Å². The lowest BCUT2D eigenvalue weighted by molar-refractivity contribution is -0.124. The lowest BCUT2D eigenvalue weighted by Gasteiger charge is -2.25. The lowest BCUT2D eigenvalue weighted by Crippen LogP contribution is -2.48. The molecule has 0 spiro atoms. The van der Waals surface area contributed by atoms with Gasteiger partial charge < -0.3 is 11.1 Å². The van der Waals surface area contributed by atoms with Gasteiger partial charge in [-0.3, -0.25) is 4.79 Å². The minimum absolute atomic E-state index is 0.143. The van der Waals surface area contributed by atoms with E-state index in [0.717, 1.165) is 0 Å². The summed E-state index contributed by atoms with van der Waals surface area (Å²) in [5.41, 5.74) is 5.51. The molecule has 0 aromatic heterocycles. The molecule has 0 saturated heterocycles. The standard InChI is InChI=1S/C10H19N3O/c1-10(2,3)8(12)9(14)13-7-5-4-6-11/h8H,4-5,7,12H2,1-3H3,(H,13,14)/t8-/m1/s1. The van der Waals surface area contributed by atoms with Gasteiger partial charge in [-0.1, -0.05) is 20.8 Å². The molecule has 1 atom stereocenters. The van der Waals surface area contributed by atoms with Gasteiger partial charge in [0.1, 0.15) is 0 Å². The summed E-state index contributed by atoms with van der Waals surface area (Å²) < 4.78 is 0. The first-order valence-corrected chi connectivity index (χ1v) is 4.80. The fraction of sp³-hybridized carbons (Fsp3) is 0.800. The van der Waals surface area contributed by atoms with Gasteiger partial charge in [-0.25, -0.2) is 0 Å². The van der Waals surface area contributed by atoms with E-state index >= 15 is 0 Å². The van der Waals surface area contributed by atoms with Crippen LogP contribution < -0.4 is 11.1 Å². The Morgan fingerprint density at radius 3 is 2.57 bits per heavy atom. The van der Waals surface area contributed by atoms with Crippen molar-refractivity contribution in [2.45, 2.75) is 39.7 Å². The van der Waals surface area contributed by atoms with E-state index < -0.39 is 6.04 Å². The molecule has 4 heteroatoms. The molecule has 0 aliphatic heterocycles. The molecule has 4 nitrogen and oxygen atoms in total. The number of carbonyl (C=O) groups excluding carboxylic acids is 1. The Bertz CT molecular complexity index is 225. The molecule has 14 heavy (non-hydrogen) atoms. The summed E-state index contributed by atoms with van der Waals surface area (Å²) in [6, 6.07) is 1.52. The molecular weight excluding hydrogens is 178 g/mol. The Kier molecular flexibility index (Phi) is 5.18. The van der Waals surface area contributed by atoms with E-state index in [1.54, 1.807) is 0 Å². The van der Waals surface area contributed by atoms with E-state index in [-0.39, 0.29) is 11.3 Å². The Morgan fingerprint density at radius 1 is 1.57 bits per heavy atom. The molecule has 80 valence electrons. The third-order valence-electron chi connectivity index (χ3n) is 1.98. The van der Waals surface area contributed by atoms with Gasteiger partial charge in [0.2, 0.25) is 5.91 Å². The van der Waals surface area contributed by atoms with E-state index in [9.17, 15) is 4.79 Å². The van der Waals surface area contributed by atoms with E-state index in [1.165, 1.54) is 0 Å². The zero-order valence-corrected chi connectivity index (χ0v) is 9.13. The van der Waals surface area contributed by atoms with Crippen LogP contribution in [0, 0.1) is 16.7 Å². The topological polar surface area (TPSA) is 78.9 Å². The van der Waals surface area contributed by atoms with Crippen molar-refractivity contribution in [3.05, 3.63) is 0 Å². The summed E-state index contributed by atoms with van der Waals surface area (Å²) in [5.74, 6) is -0.143. The van der Waals surface area contributed by atoms with Gasteiger partial charge in [0.25, 0.3) is 0 Å². The molecule has 1 amide bonds. The highest BCUT2D eigenvalue weighted by molar-refractivity contribution is 5.82. The highest BCUT2D eigenvalue weighted by Crippen LogP contribution is 2.16. The third-order valence-corrected chi connectivity index (χ3v) is 1.98. The van der Waals surface area contributed by atoms with E-state index in [0.29, 0.717) is 19.4 Å². The fourth-order valence-corrected chi connectivity index (χ4v) is 0.882. The number of unbranched alkanes of at least 4 members (excludes halogenated alkanes) is 1. The summed E-state index contributed by atoms with van der Waals surface area (Å²) in [6.45, 7) is 6.29. The van der Waals surface area contributed by atoms with Crippen molar-refractivity contribution in [3.8, 4) is 6.07 Å². The summed E-state index contributed by atoms with van der Waals surface area (Å²) in [7, 11) is 0. The number of nitrogens with one attached hydrogen (secondary N) is 1. The number of carbonyl (C=O) groups is 1. The number of nitriles is 1. The van der Waals surface area contributed by atoms with E-state index in [2.05, 4.69) is 5.32 Å². The summed E-state index contributed by atoms with van der Waals surface area (Å²) in [5, 5.41) is 11.0. The predicted octanol–water partition coefficient (Wildman–Crippen LogP) is 0.780. The molecule has 0 fully saturated rings. The third kappa shape index (κ3) is 4.83. The van der Waals surface area contributed by atoms with Gasteiger partial charge in [-0.2, -0.15) is 5.26 Å². The van der Waals surface area contributed by atoms with E-state index in [1.807, 2.05) is 26.8 Å². The van der Waals surface area contributed by atoms with E-state index in [4.69, 9.17) is 11.0 Å². The molecule has 0 saturated carbocycles. The predicted molar refractivity (Wildman–Crippen MR) is 55.3 cm³/mol. The highest BCUT2D eigenvalue weighted by Gasteiger charge is 2.26. The fourth-order valence-electron chi connectivity index (χ4n) is 0.882. The zero-order valence-electron chi connectivity index (χ0n) is 9.13. The quantitative estimate of drug-likeness (QED) is 0.654. The summed E-state index contributed by atoms with van der Waals surface area (Å²) in [4.78, 5) is 11.4. The molecule has 0 rings (SSSR count). The van der Waals surface area contributed by atoms with Crippen LogP contribution in [0.25, 0.3) is 0 Å². The van der Waals surface area contributed by atoms with Crippen LogP contribution >= 0.6 is 0 Å². The molecule has 0 bridgehead atoms. The van der Waals surface area contributed by atoms with Crippen molar-refractivity contribution in [2.75, 3.05) is 6.54 Å². The maximum atomic E-state index is 11.4. The Morgan fingerprint density at radius 2 is 2.14 bits per heavy atom. The SMILES string of the molecule is CC(C)(C)[C@H](N)C(=O)NCCCC#N. The Balaban J connectivity index is 3.81. The smallest absolute Gasteiger partial charge is 0.237 e. The highest BCUT2D eigenvalue weighted by atomic mass is 16.2.